The maximum absolute atomic E-state index is 11.5. The third kappa shape index (κ3) is 3.63. The number of hydrogen-bond acceptors (Lipinski definition) is 4. The normalized spacial score (nSPS) is 9.00. The van der Waals surface area contributed by atoms with Gasteiger partial charge in [-0.3, -0.25) is 0 Å². The van der Waals surface area contributed by atoms with Crippen molar-refractivity contribution in [2.75, 3.05) is 13.2 Å². The topological polar surface area (TPSA) is 89.6 Å². The summed E-state index contributed by atoms with van der Waals surface area (Å²) < 4.78 is 4.79. The third-order valence-corrected chi connectivity index (χ3v) is 1.88. The fourth-order valence-electron chi connectivity index (χ4n) is 1.15. The maximum Gasteiger partial charge on any atom is 0.339 e. The summed E-state index contributed by atoms with van der Waals surface area (Å²) in [6.45, 7) is 0.0766. The molecule has 5 nitrogen and oxygen atoms in total. The number of ether oxygens (including phenoxy) is 1. The van der Waals surface area contributed by atoms with E-state index in [-0.39, 0.29) is 24.3 Å². The van der Waals surface area contributed by atoms with Crippen molar-refractivity contribution in [2.45, 2.75) is 0 Å². The van der Waals surface area contributed by atoms with Crippen LogP contribution in [0.4, 0.5) is 0 Å². The van der Waals surface area contributed by atoms with Gasteiger partial charge in [0.15, 0.2) is 6.61 Å². The van der Waals surface area contributed by atoms with Gasteiger partial charge in [0, 0.05) is 0 Å². The molecule has 0 heterocycles. The molecule has 1 aromatic rings. The van der Waals surface area contributed by atoms with E-state index >= 15 is 0 Å². The van der Waals surface area contributed by atoms with Gasteiger partial charge in [-0.2, -0.15) is 0 Å². The Hall–Kier alpha value is -2.32. The molecule has 0 saturated carbocycles. The van der Waals surface area contributed by atoms with Crippen LogP contribution in [-0.2, 0) is 4.74 Å². The van der Waals surface area contributed by atoms with E-state index in [1.165, 1.54) is 18.2 Å². The summed E-state index contributed by atoms with van der Waals surface area (Å²) >= 11 is 0. The van der Waals surface area contributed by atoms with E-state index in [4.69, 9.17) is 15.6 Å². The van der Waals surface area contributed by atoms with Gasteiger partial charge in [0.2, 0.25) is 0 Å². The van der Waals surface area contributed by atoms with Crippen LogP contribution in [0.15, 0.2) is 24.3 Å². The van der Waals surface area contributed by atoms with E-state index < -0.39 is 11.9 Å². The van der Waals surface area contributed by atoms with Crippen LogP contribution >= 0.6 is 0 Å². The summed E-state index contributed by atoms with van der Waals surface area (Å²) in [6.07, 6.45) is 0. The number of nitrogens with two attached hydrogens (primary N) is 1. The van der Waals surface area contributed by atoms with E-state index in [2.05, 4.69) is 11.8 Å². The van der Waals surface area contributed by atoms with Crippen molar-refractivity contribution in [1.29, 1.82) is 0 Å². The second-order valence-corrected chi connectivity index (χ2v) is 2.98. The number of carboxylic acids is 1. The standard InChI is InChI=1S/C12H11NO4/c13-7-3-4-8-17-12(16)10-6-2-1-5-9(10)11(14)15/h1-2,5-6H,7-8,13H2,(H,14,15). The molecule has 0 aliphatic rings. The minimum atomic E-state index is -1.18. The molecule has 1 rings (SSSR count). The van der Waals surface area contributed by atoms with Gasteiger partial charge in [0.25, 0.3) is 0 Å². The van der Waals surface area contributed by atoms with Crippen LogP contribution in [0.2, 0.25) is 0 Å². The van der Waals surface area contributed by atoms with E-state index in [1.54, 1.807) is 6.07 Å². The Balaban J connectivity index is 2.78. The number of aromatic carboxylic acids is 1. The Bertz CT molecular complexity index is 485. The Morgan fingerprint density at radius 1 is 1.24 bits per heavy atom. The van der Waals surface area contributed by atoms with E-state index in [9.17, 15) is 9.59 Å². The summed E-state index contributed by atoms with van der Waals surface area (Å²) in [4.78, 5) is 22.4. The molecule has 3 N–H and O–H groups in total. The zero-order valence-electron chi connectivity index (χ0n) is 8.97. The number of carbonyl (C=O) groups excluding carboxylic acids is 1. The lowest BCUT2D eigenvalue weighted by Gasteiger charge is -2.04. The molecule has 0 aliphatic heterocycles. The predicted octanol–water partition coefficient (Wildman–Crippen LogP) is 0.504. The van der Waals surface area contributed by atoms with Gasteiger partial charge < -0.3 is 15.6 Å². The number of esters is 1. The molecule has 0 unspecified atom stereocenters. The van der Waals surface area contributed by atoms with Crippen LogP contribution in [0.25, 0.3) is 0 Å². The van der Waals surface area contributed by atoms with Crippen molar-refractivity contribution >= 4 is 11.9 Å². The Morgan fingerprint density at radius 2 is 1.88 bits per heavy atom. The number of carboxylic acid groups (broad SMARTS) is 1. The van der Waals surface area contributed by atoms with Crippen LogP contribution in [0.5, 0.6) is 0 Å². The molecular weight excluding hydrogens is 222 g/mol. The van der Waals surface area contributed by atoms with Gasteiger partial charge >= 0.3 is 11.9 Å². The molecule has 0 fully saturated rings. The van der Waals surface area contributed by atoms with E-state index in [1.807, 2.05) is 0 Å². The SMILES string of the molecule is NCC#CCOC(=O)c1ccccc1C(=O)O. The second kappa shape index (κ2) is 6.30. The Labute approximate surface area is 98.2 Å². The maximum atomic E-state index is 11.5. The molecule has 1 aromatic carbocycles. The summed E-state index contributed by atoms with van der Waals surface area (Å²) in [5.41, 5.74) is 5.04. The molecule has 88 valence electrons. The summed E-state index contributed by atoms with van der Waals surface area (Å²) in [7, 11) is 0. The number of carbonyl (C=O) groups is 2. The zero-order chi connectivity index (χ0) is 12.7. The van der Waals surface area contributed by atoms with Crippen LogP contribution in [0.1, 0.15) is 20.7 Å². The van der Waals surface area contributed by atoms with Crippen molar-refractivity contribution in [2.24, 2.45) is 5.73 Å². The lowest BCUT2D eigenvalue weighted by Crippen LogP contribution is -2.11. The van der Waals surface area contributed by atoms with Crippen molar-refractivity contribution in [3.05, 3.63) is 35.4 Å². The molecule has 0 bridgehead atoms. The first kappa shape index (κ1) is 12.7. The van der Waals surface area contributed by atoms with Crippen molar-refractivity contribution in [1.82, 2.24) is 0 Å². The summed E-state index contributed by atoms with van der Waals surface area (Å²) in [6, 6.07) is 5.83. The molecule has 0 spiro atoms. The first-order valence-electron chi connectivity index (χ1n) is 4.82. The number of benzene rings is 1. The Morgan fingerprint density at radius 3 is 2.47 bits per heavy atom. The molecule has 0 amide bonds. The Kier molecular flexibility index (Phi) is 4.73. The van der Waals surface area contributed by atoms with E-state index in [0.29, 0.717) is 0 Å². The number of rotatable bonds is 3. The average Bonchev–Trinajstić information content (AvgIpc) is 2.34. The molecule has 17 heavy (non-hydrogen) atoms. The van der Waals surface area contributed by atoms with Gasteiger partial charge in [-0.05, 0) is 12.1 Å². The van der Waals surface area contributed by atoms with Crippen molar-refractivity contribution in [3.63, 3.8) is 0 Å². The van der Waals surface area contributed by atoms with Crippen molar-refractivity contribution in [3.8, 4) is 11.8 Å². The monoisotopic (exact) mass is 233 g/mol. The smallest absolute Gasteiger partial charge is 0.339 e. The van der Waals surface area contributed by atoms with Gasteiger partial charge in [-0.15, -0.1) is 0 Å². The zero-order valence-corrected chi connectivity index (χ0v) is 8.97. The van der Waals surface area contributed by atoms with E-state index in [0.717, 1.165) is 0 Å². The van der Waals surface area contributed by atoms with Gasteiger partial charge in [0.1, 0.15) is 0 Å². The minimum absolute atomic E-state index is 0.00884. The van der Waals surface area contributed by atoms with Gasteiger partial charge in [-0.25, -0.2) is 9.59 Å². The highest BCUT2D eigenvalue weighted by atomic mass is 16.5. The lowest BCUT2D eigenvalue weighted by molar-refractivity contribution is 0.0543. The highest BCUT2D eigenvalue weighted by molar-refractivity contribution is 6.02. The number of hydrogen-bond donors (Lipinski definition) is 2. The van der Waals surface area contributed by atoms with Gasteiger partial charge in [0.05, 0.1) is 17.7 Å². The van der Waals surface area contributed by atoms with Crippen LogP contribution in [0.3, 0.4) is 0 Å². The lowest BCUT2D eigenvalue weighted by atomic mass is 10.1. The molecular formula is C12H11NO4. The van der Waals surface area contributed by atoms with Crippen LogP contribution in [0, 0.1) is 11.8 Å². The van der Waals surface area contributed by atoms with Crippen LogP contribution < -0.4 is 5.73 Å². The quantitative estimate of drug-likeness (QED) is 0.586. The molecule has 0 aromatic heterocycles. The highest BCUT2D eigenvalue weighted by Gasteiger charge is 2.16. The first-order chi connectivity index (χ1) is 8.16. The molecule has 0 radical (unpaired) electrons. The summed E-state index contributed by atoms with van der Waals surface area (Å²) in [5, 5.41) is 8.87. The van der Waals surface area contributed by atoms with Crippen LogP contribution in [-0.4, -0.2) is 30.2 Å². The predicted molar refractivity (Wildman–Crippen MR) is 60.5 cm³/mol. The van der Waals surface area contributed by atoms with Crippen molar-refractivity contribution < 1.29 is 19.4 Å². The third-order valence-electron chi connectivity index (χ3n) is 1.88. The first-order valence-corrected chi connectivity index (χ1v) is 4.82. The highest BCUT2D eigenvalue weighted by Crippen LogP contribution is 2.10. The largest absolute Gasteiger partial charge is 0.478 e. The molecule has 0 atom stereocenters. The van der Waals surface area contributed by atoms with Gasteiger partial charge in [-0.1, -0.05) is 24.0 Å². The fourth-order valence-corrected chi connectivity index (χ4v) is 1.15. The average molecular weight is 233 g/mol. The molecule has 0 saturated heterocycles. The second-order valence-electron chi connectivity index (χ2n) is 2.98. The molecule has 0 aliphatic carbocycles. The molecule has 5 heteroatoms. The fraction of sp³-hybridized carbons (Fsp3) is 0.167. The summed E-state index contributed by atoms with van der Waals surface area (Å²) in [5.74, 6) is 3.16. The minimum Gasteiger partial charge on any atom is -0.478 e.